The molecule has 3 heteroatoms. The number of nitrogens with one attached hydrogen (secondary N) is 1. The van der Waals surface area contributed by atoms with E-state index in [-0.39, 0.29) is 0 Å². The molecule has 0 spiro atoms. The van der Waals surface area contributed by atoms with Crippen LogP contribution in [0, 0.1) is 19.8 Å². The van der Waals surface area contributed by atoms with Crippen molar-refractivity contribution in [3.05, 3.63) is 17.3 Å². The monoisotopic (exact) mass is 250 g/mol. The van der Waals surface area contributed by atoms with Crippen LogP contribution in [0.4, 0.5) is 0 Å². The van der Waals surface area contributed by atoms with Gasteiger partial charge in [-0.05, 0) is 39.0 Å². The maximum Gasteiger partial charge on any atom is 0.208 e. The summed E-state index contributed by atoms with van der Waals surface area (Å²) in [6.45, 7) is 7.02. The summed E-state index contributed by atoms with van der Waals surface area (Å²) < 4.78 is 5.62. The number of oxazole rings is 1. The van der Waals surface area contributed by atoms with Gasteiger partial charge in [0, 0.05) is 6.04 Å². The average Bonchev–Trinajstić information content (AvgIpc) is 2.71. The molecule has 1 aromatic rings. The first kappa shape index (κ1) is 13.6. The smallest absolute Gasteiger partial charge is 0.208 e. The lowest BCUT2D eigenvalue weighted by atomic mass is 9.83. The molecule has 0 amide bonds. The fourth-order valence-electron chi connectivity index (χ4n) is 3.01. The van der Waals surface area contributed by atoms with Crippen LogP contribution < -0.4 is 5.32 Å². The lowest BCUT2D eigenvalue weighted by Crippen LogP contribution is -2.36. The molecule has 0 aliphatic heterocycles. The highest BCUT2D eigenvalue weighted by Crippen LogP contribution is 2.27. The molecule has 1 heterocycles. The van der Waals surface area contributed by atoms with Gasteiger partial charge in [-0.1, -0.05) is 26.2 Å². The quantitative estimate of drug-likeness (QED) is 0.865. The molecule has 1 aliphatic rings. The Morgan fingerprint density at radius 1 is 1.28 bits per heavy atom. The third kappa shape index (κ3) is 3.35. The van der Waals surface area contributed by atoms with E-state index in [9.17, 15) is 0 Å². The van der Waals surface area contributed by atoms with Crippen LogP contribution in [-0.2, 0) is 6.54 Å². The van der Waals surface area contributed by atoms with Crippen LogP contribution >= 0.6 is 0 Å². The van der Waals surface area contributed by atoms with Crippen molar-refractivity contribution in [3.8, 4) is 0 Å². The van der Waals surface area contributed by atoms with Crippen molar-refractivity contribution < 1.29 is 4.42 Å². The summed E-state index contributed by atoms with van der Waals surface area (Å²) in [4.78, 5) is 4.43. The molecule has 0 aromatic carbocycles. The van der Waals surface area contributed by atoms with Crippen LogP contribution in [0.25, 0.3) is 0 Å². The average molecular weight is 250 g/mol. The molecule has 18 heavy (non-hydrogen) atoms. The summed E-state index contributed by atoms with van der Waals surface area (Å²) in [5.74, 6) is 2.62. The fourth-order valence-corrected chi connectivity index (χ4v) is 3.01. The minimum atomic E-state index is 0.623. The van der Waals surface area contributed by atoms with Gasteiger partial charge in [0.1, 0.15) is 5.76 Å². The highest BCUT2D eigenvalue weighted by Gasteiger charge is 2.22. The van der Waals surface area contributed by atoms with Gasteiger partial charge < -0.3 is 9.73 Å². The molecule has 1 unspecified atom stereocenters. The van der Waals surface area contributed by atoms with Crippen molar-refractivity contribution in [1.29, 1.82) is 0 Å². The van der Waals surface area contributed by atoms with Crippen molar-refractivity contribution in [2.75, 3.05) is 0 Å². The Labute approximate surface area is 110 Å². The SMILES string of the molecule is CCC(NCc1nc(C)c(C)o1)C1CCCCC1. The number of hydrogen-bond acceptors (Lipinski definition) is 3. The van der Waals surface area contributed by atoms with Gasteiger partial charge in [0.15, 0.2) is 0 Å². The molecular formula is C15H26N2O. The summed E-state index contributed by atoms with van der Waals surface area (Å²) in [6, 6.07) is 0.623. The van der Waals surface area contributed by atoms with E-state index in [0.29, 0.717) is 6.04 Å². The molecule has 0 radical (unpaired) electrons. The van der Waals surface area contributed by atoms with E-state index in [1.807, 2.05) is 13.8 Å². The zero-order valence-electron chi connectivity index (χ0n) is 12.0. The lowest BCUT2D eigenvalue weighted by Gasteiger charge is -2.30. The zero-order valence-corrected chi connectivity index (χ0v) is 12.0. The third-order valence-electron chi connectivity index (χ3n) is 4.25. The summed E-state index contributed by atoms with van der Waals surface area (Å²) in [5, 5.41) is 3.64. The molecule has 1 saturated carbocycles. The molecule has 2 rings (SSSR count). The van der Waals surface area contributed by atoms with Gasteiger partial charge in [0.25, 0.3) is 0 Å². The molecule has 1 N–H and O–H groups in total. The maximum atomic E-state index is 5.62. The molecule has 102 valence electrons. The van der Waals surface area contributed by atoms with Crippen LogP contribution in [0.3, 0.4) is 0 Å². The molecule has 1 aromatic heterocycles. The maximum absolute atomic E-state index is 5.62. The van der Waals surface area contributed by atoms with Gasteiger partial charge in [0.2, 0.25) is 5.89 Å². The summed E-state index contributed by atoms with van der Waals surface area (Å²) >= 11 is 0. The molecule has 3 nitrogen and oxygen atoms in total. The first-order chi connectivity index (χ1) is 8.70. The fraction of sp³-hybridized carbons (Fsp3) is 0.800. The Bertz CT molecular complexity index is 347. The molecule has 0 bridgehead atoms. The van der Waals surface area contributed by atoms with Gasteiger partial charge in [-0.2, -0.15) is 0 Å². The minimum Gasteiger partial charge on any atom is -0.444 e. The highest BCUT2D eigenvalue weighted by molar-refractivity contribution is 5.05. The second kappa shape index (κ2) is 6.37. The van der Waals surface area contributed by atoms with E-state index in [1.54, 1.807) is 0 Å². The molecular weight excluding hydrogens is 224 g/mol. The van der Waals surface area contributed by atoms with Crippen molar-refractivity contribution >= 4 is 0 Å². The Kier molecular flexibility index (Phi) is 4.81. The van der Waals surface area contributed by atoms with Crippen molar-refractivity contribution in [1.82, 2.24) is 10.3 Å². The van der Waals surface area contributed by atoms with Gasteiger partial charge in [-0.15, -0.1) is 0 Å². The molecule has 1 fully saturated rings. The first-order valence-corrected chi connectivity index (χ1v) is 7.37. The van der Waals surface area contributed by atoms with Crippen molar-refractivity contribution in [2.45, 2.75) is 71.9 Å². The van der Waals surface area contributed by atoms with E-state index in [0.717, 1.165) is 29.8 Å². The normalized spacial score (nSPS) is 19.1. The van der Waals surface area contributed by atoms with E-state index in [4.69, 9.17) is 4.42 Å². The Hall–Kier alpha value is -0.830. The van der Waals surface area contributed by atoms with E-state index < -0.39 is 0 Å². The summed E-state index contributed by atoms with van der Waals surface area (Å²) in [7, 11) is 0. The van der Waals surface area contributed by atoms with Gasteiger partial charge in [0.05, 0.1) is 12.2 Å². The molecule has 1 atom stereocenters. The molecule has 0 saturated heterocycles. The minimum absolute atomic E-state index is 0.623. The van der Waals surface area contributed by atoms with Gasteiger partial charge >= 0.3 is 0 Å². The standard InChI is InChI=1S/C15H26N2O/c1-4-14(13-8-6-5-7-9-13)16-10-15-17-11(2)12(3)18-15/h13-14,16H,4-10H2,1-3H3. The van der Waals surface area contributed by atoms with Crippen molar-refractivity contribution in [2.24, 2.45) is 5.92 Å². The predicted octanol–water partition coefficient (Wildman–Crippen LogP) is 3.74. The zero-order chi connectivity index (χ0) is 13.0. The number of hydrogen-bond donors (Lipinski definition) is 1. The van der Waals surface area contributed by atoms with Crippen LogP contribution in [0.1, 0.15) is 62.8 Å². The number of rotatable bonds is 5. The van der Waals surface area contributed by atoms with Gasteiger partial charge in [-0.25, -0.2) is 4.98 Å². The number of aryl methyl sites for hydroxylation is 2. The second-order valence-corrected chi connectivity index (χ2v) is 5.54. The van der Waals surface area contributed by atoms with Crippen LogP contribution in [0.5, 0.6) is 0 Å². The highest BCUT2D eigenvalue weighted by atomic mass is 16.4. The third-order valence-corrected chi connectivity index (χ3v) is 4.25. The Balaban J connectivity index is 1.86. The molecule has 1 aliphatic carbocycles. The van der Waals surface area contributed by atoms with E-state index >= 15 is 0 Å². The van der Waals surface area contributed by atoms with E-state index in [1.165, 1.54) is 38.5 Å². The van der Waals surface area contributed by atoms with E-state index in [2.05, 4.69) is 17.2 Å². The summed E-state index contributed by atoms with van der Waals surface area (Å²) in [6.07, 6.45) is 8.19. The number of nitrogens with zero attached hydrogens (tertiary/aromatic N) is 1. The topological polar surface area (TPSA) is 38.1 Å². The van der Waals surface area contributed by atoms with Crippen LogP contribution in [0.15, 0.2) is 4.42 Å². The van der Waals surface area contributed by atoms with Crippen LogP contribution in [0.2, 0.25) is 0 Å². The Morgan fingerprint density at radius 3 is 2.56 bits per heavy atom. The largest absolute Gasteiger partial charge is 0.444 e. The summed E-state index contributed by atoms with van der Waals surface area (Å²) in [5.41, 5.74) is 1.01. The van der Waals surface area contributed by atoms with Gasteiger partial charge in [-0.3, -0.25) is 0 Å². The van der Waals surface area contributed by atoms with Crippen LogP contribution in [-0.4, -0.2) is 11.0 Å². The predicted molar refractivity (Wildman–Crippen MR) is 73.5 cm³/mol. The second-order valence-electron chi connectivity index (χ2n) is 5.54. The first-order valence-electron chi connectivity index (χ1n) is 7.37. The Morgan fingerprint density at radius 2 is 2.00 bits per heavy atom. The number of aromatic nitrogens is 1. The van der Waals surface area contributed by atoms with Crippen molar-refractivity contribution in [3.63, 3.8) is 0 Å². The lowest BCUT2D eigenvalue weighted by molar-refractivity contribution is 0.255.